The normalized spacial score (nSPS) is 11.0. The number of rotatable bonds is 3. The molecular weight excluding hydrogens is 226 g/mol. The van der Waals surface area contributed by atoms with Crippen LogP contribution in [0.3, 0.4) is 0 Å². The van der Waals surface area contributed by atoms with Crippen LogP contribution in [-0.4, -0.2) is 5.11 Å². The largest absolute Gasteiger partial charge is 0.399 e. The number of anilines is 1. The molecule has 0 fully saturated rings. The van der Waals surface area contributed by atoms with Gasteiger partial charge in [-0.2, -0.15) is 10.2 Å². The van der Waals surface area contributed by atoms with Crippen LogP contribution in [0.4, 0.5) is 17.1 Å². The molecule has 2 aromatic rings. The summed E-state index contributed by atoms with van der Waals surface area (Å²) in [5.41, 5.74) is 9.63. The number of hydrogen-bond acceptors (Lipinski definition) is 4. The van der Waals surface area contributed by atoms with E-state index < -0.39 is 0 Å². The number of hydrogen-bond donors (Lipinski definition) is 2. The van der Waals surface area contributed by atoms with Crippen molar-refractivity contribution in [2.24, 2.45) is 10.2 Å². The summed E-state index contributed by atoms with van der Waals surface area (Å²) in [5.74, 6) is 0. The van der Waals surface area contributed by atoms with Crippen molar-refractivity contribution in [3.8, 4) is 0 Å². The first-order valence-corrected chi connectivity index (χ1v) is 5.67. The molecule has 4 heteroatoms. The van der Waals surface area contributed by atoms with Gasteiger partial charge in [0.05, 0.1) is 18.0 Å². The van der Waals surface area contributed by atoms with Gasteiger partial charge in [-0.1, -0.05) is 18.2 Å². The standard InChI is InChI=1S/C14H15N3O/c1-10-8-12(6-7-13(10)15)16-17-14-5-3-2-4-11(14)9-18/h2-8,18H,9,15H2,1H3. The first-order chi connectivity index (χ1) is 8.70. The van der Waals surface area contributed by atoms with Gasteiger partial charge in [0, 0.05) is 11.3 Å². The molecule has 0 aliphatic rings. The van der Waals surface area contributed by atoms with E-state index in [4.69, 9.17) is 5.73 Å². The van der Waals surface area contributed by atoms with E-state index in [1.165, 1.54) is 0 Å². The fourth-order valence-electron chi connectivity index (χ4n) is 1.58. The minimum absolute atomic E-state index is 0.0457. The van der Waals surface area contributed by atoms with Crippen molar-refractivity contribution < 1.29 is 5.11 Å². The zero-order chi connectivity index (χ0) is 13.0. The fraction of sp³-hybridized carbons (Fsp3) is 0.143. The van der Waals surface area contributed by atoms with Gasteiger partial charge >= 0.3 is 0 Å². The summed E-state index contributed by atoms with van der Waals surface area (Å²) >= 11 is 0. The molecule has 0 saturated heterocycles. The Morgan fingerprint density at radius 1 is 1.11 bits per heavy atom. The SMILES string of the molecule is Cc1cc(N=Nc2ccccc2CO)ccc1N. The number of benzene rings is 2. The molecule has 0 spiro atoms. The monoisotopic (exact) mass is 241 g/mol. The Balaban J connectivity index is 2.27. The summed E-state index contributed by atoms with van der Waals surface area (Å²) in [6, 6.07) is 12.9. The van der Waals surface area contributed by atoms with E-state index in [1.54, 1.807) is 0 Å². The van der Waals surface area contributed by atoms with Crippen LogP contribution in [0, 0.1) is 6.92 Å². The van der Waals surface area contributed by atoms with Crippen molar-refractivity contribution >= 4 is 17.1 Å². The first-order valence-electron chi connectivity index (χ1n) is 5.67. The lowest BCUT2D eigenvalue weighted by atomic mass is 10.2. The second kappa shape index (κ2) is 5.42. The van der Waals surface area contributed by atoms with Gasteiger partial charge in [-0.05, 0) is 36.8 Å². The van der Waals surface area contributed by atoms with E-state index >= 15 is 0 Å². The van der Waals surface area contributed by atoms with E-state index in [0.717, 1.165) is 22.5 Å². The number of nitrogens with two attached hydrogens (primary N) is 1. The Morgan fingerprint density at radius 2 is 1.89 bits per heavy atom. The van der Waals surface area contributed by atoms with Crippen LogP contribution in [0.2, 0.25) is 0 Å². The molecule has 18 heavy (non-hydrogen) atoms. The smallest absolute Gasteiger partial charge is 0.0912 e. The second-order valence-corrected chi connectivity index (χ2v) is 4.03. The maximum Gasteiger partial charge on any atom is 0.0912 e. The lowest BCUT2D eigenvalue weighted by Gasteiger charge is -2.01. The number of aliphatic hydroxyl groups is 1. The van der Waals surface area contributed by atoms with Crippen molar-refractivity contribution in [2.75, 3.05) is 5.73 Å². The van der Waals surface area contributed by atoms with Crippen molar-refractivity contribution in [1.82, 2.24) is 0 Å². The summed E-state index contributed by atoms with van der Waals surface area (Å²) in [6.45, 7) is 1.88. The predicted octanol–water partition coefficient (Wildman–Crippen LogP) is 3.48. The Labute approximate surface area is 106 Å². The molecule has 2 rings (SSSR count). The van der Waals surface area contributed by atoms with Gasteiger partial charge in [-0.15, -0.1) is 0 Å². The average molecular weight is 241 g/mol. The van der Waals surface area contributed by atoms with Crippen LogP contribution in [0.25, 0.3) is 0 Å². The maximum atomic E-state index is 9.18. The Kier molecular flexibility index (Phi) is 3.69. The maximum absolute atomic E-state index is 9.18. The highest BCUT2D eigenvalue weighted by atomic mass is 16.3. The van der Waals surface area contributed by atoms with Crippen molar-refractivity contribution in [3.05, 3.63) is 53.6 Å². The molecule has 4 nitrogen and oxygen atoms in total. The molecule has 0 atom stereocenters. The minimum Gasteiger partial charge on any atom is -0.399 e. The van der Waals surface area contributed by atoms with Crippen LogP contribution in [-0.2, 0) is 6.61 Å². The zero-order valence-corrected chi connectivity index (χ0v) is 10.2. The average Bonchev–Trinajstić information content (AvgIpc) is 2.40. The van der Waals surface area contributed by atoms with Crippen LogP contribution in [0.5, 0.6) is 0 Å². The van der Waals surface area contributed by atoms with E-state index in [1.807, 2.05) is 49.4 Å². The topological polar surface area (TPSA) is 71.0 Å². The van der Waals surface area contributed by atoms with Crippen LogP contribution in [0.1, 0.15) is 11.1 Å². The van der Waals surface area contributed by atoms with E-state index in [0.29, 0.717) is 5.69 Å². The van der Waals surface area contributed by atoms with Crippen LogP contribution < -0.4 is 5.73 Å². The van der Waals surface area contributed by atoms with Crippen molar-refractivity contribution in [3.63, 3.8) is 0 Å². The summed E-state index contributed by atoms with van der Waals surface area (Å²) in [5, 5.41) is 17.5. The van der Waals surface area contributed by atoms with Gasteiger partial charge in [0.2, 0.25) is 0 Å². The van der Waals surface area contributed by atoms with Gasteiger partial charge in [0.25, 0.3) is 0 Å². The van der Waals surface area contributed by atoms with E-state index in [2.05, 4.69) is 10.2 Å². The molecule has 0 saturated carbocycles. The molecular formula is C14H15N3O. The fourth-order valence-corrected chi connectivity index (χ4v) is 1.58. The molecule has 0 aromatic heterocycles. The van der Waals surface area contributed by atoms with Gasteiger partial charge < -0.3 is 10.8 Å². The molecule has 0 heterocycles. The third-order valence-corrected chi connectivity index (χ3v) is 2.69. The highest BCUT2D eigenvalue weighted by Crippen LogP contribution is 2.24. The summed E-state index contributed by atoms with van der Waals surface area (Å²) < 4.78 is 0. The van der Waals surface area contributed by atoms with Crippen LogP contribution >= 0.6 is 0 Å². The van der Waals surface area contributed by atoms with Crippen molar-refractivity contribution in [2.45, 2.75) is 13.5 Å². The first kappa shape index (κ1) is 12.3. The Hall–Kier alpha value is -2.20. The molecule has 2 aromatic carbocycles. The number of azo groups is 1. The highest BCUT2D eigenvalue weighted by Gasteiger charge is 1.99. The third-order valence-electron chi connectivity index (χ3n) is 2.69. The number of nitrogens with zero attached hydrogens (tertiary/aromatic N) is 2. The summed E-state index contributed by atoms with van der Waals surface area (Å²) in [6.07, 6.45) is 0. The molecule has 0 radical (unpaired) electrons. The second-order valence-electron chi connectivity index (χ2n) is 4.03. The lowest BCUT2D eigenvalue weighted by Crippen LogP contribution is -1.87. The molecule has 92 valence electrons. The summed E-state index contributed by atoms with van der Waals surface area (Å²) in [4.78, 5) is 0. The Bertz CT molecular complexity index is 579. The van der Waals surface area contributed by atoms with Gasteiger partial charge in [-0.3, -0.25) is 0 Å². The van der Waals surface area contributed by atoms with Gasteiger partial charge in [0.15, 0.2) is 0 Å². The van der Waals surface area contributed by atoms with Crippen molar-refractivity contribution in [1.29, 1.82) is 0 Å². The zero-order valence-electron chi connectivity index (χ0n) is 10.2. The molecule has 0 aliphatic carbocycles. The molecule has 3 N–H and O–H groups in total. The molecule has 0 amide bonds. The Morgan fingerprint density at radius 3 is 2.61 bits per heavy atom. The summed E-state index contributed by atoms with van der Waals surface area (Å²) in [7, 11) is 0. The number of nitrogen functional groups attached to an aromatic ring is 1. The third kappa shape index (κ3) is 2.73. The number of aliphatic hydroxyl groups excluding tert-OH is 1. The van der Waals surface area contributed by atoms with Gasteiger partial charge in [-0.25, -0.2) is 0 Å². The molecule has 0 unspecified atom stereocenters. The van der Waals surface area contributed by atoms with Gasteiger partial charge in [0.1, 0.15) is 0 Å². The van der Waals surface area contributed by atoms with Crippen LogP contribution in [0.15, 0.2) is 52.7 Å². The van der Waals surface area contributed by atoms with E-state index in [9.17, 15) is 5.11 Å². The molecule has 0 bridgehead atoms. The minimum atomic E-state index is -0.0457. The predicted molar refractivity (Wildman–Crippen MR) is 72.1 cm³/mol. The van der Waals surface area contributed by atoms with E-state index in [-0.39, 0.29) is 6.61 Å². The highest BCUT2D eigenvalue weighted by molar-refractivity contribution is 5.54. The molecule has 0 aliphatic heterocycles. The quantitative estimate of drug-likeness (QED) is 0.637. The lowest BCUT2D eigenvalue weighted by molar-refractivity contribution is 0.282. The number of aryl methyl sites for hydroxylation is 1.